The maximum atomic E-state index is 14.6. The summed E-state index contributed by atoms with van der Waals surface area (Å²) in [7, 11) is 0. The molecule has 2 aromatic heterocycles. The number of nitrogens with zero attached hydrogens (tertiary/aromatic N) is 4. The fourth-order valence-corrected chi connectivity index (χ4v) is 6.35. The van der Waals surface area contributed by atoms with E-state index in [1.807, 2.05) is 0 Å². The number of hydrogen-bond donors (Lipinski definition) is 0. The first-order valence-electron chi connectivity index (χ1n) is 13.9. The van der Waals surface area contributed by atoms with Crippen molar-refractivity contribution in [3.8, 4) is 23.5 Å². The number of alkyl halides is 9. The van der Waals surface area contributed by atoms with Crippen LogP contribution in [0.15, 0.2) is 91.0 Å². The van der Waals surface area contributed by atoms with E-state index in [-0.39, 0.29) is 50.8 Å². The third kappa shape index (κ3) is 4.53. The Kier molecular flexibility index (Phi) is 6.57. The molecule has 2 heterocycles. The predicted octanol–water partition coefficient (Wildman–Crippen LogP) is 10.7. The topological polar surface area (TPSA) is 57.4 Å². The van der Waals surface area contributed by atoms with Gasteiger partial charge in [0.15, 0.2) is 0 Å². The van der Waals surface area contributed by atoms with E-state index in [2.05, 4.69) is 12.1 Å². The van der Waals surface area contributed by atoms with Crippen molar-refractivity contribution in [2.45, 2.75) is 18.5 Å². The molecule has 0 saturated carbocycles. The molecular weight excluding hydrogens is 647 g/mol. The van der Waals surface area contributed by atoms with Crippen molar-refractivity contribution < 1.29 is 39.5 Å². The van der Waals surface area contributed by atoms with Crippen LogP contribution < -0.4 is 0 Å². The number of aromatic nitrogens is 2. The van der Waals surface area contributed by atoms with Gasteiger partial charge in [0.25, 0.3) is 0 Å². The second-order valence-corrected chi connectivity index (χ2v) is 10.9. The van der Waals surface area contributed by atoms with E-state index in [0.717, 1.165) is 0 Å². The summed E-state index contributed by atoms with van der Waals surface area (Å²) in [5.74, 6) is 0. The summed E-state index contributed by atoms with van der Waals surface area (Å²) in [6, 6.07) is 23.3. The first-order chi connectivity index (χ1) is 22.6. The molecule has 0 radical (unpaired) electrons. The van der Waals surface area contributed by atoms with E-state index in [1.165, 1.54) is 54.6 Å². The maximum absolute atomic E-state index is 14.6. The Bertz CT molecular complexity index is 2480. The second kappa shape index (κ2) is 10.3. The van der Waals surface area contributed by atoms with Gasteiger partial charge in [-0.25, -0.2) is 0 Å². The summed E-state index contributed by atoms with van der Waals surface area (Å²) in [5.41, 5.74) is -6.74. The number of hydrogen-bond acceptors (Lipinski definition) is 2. The average molecular weight is 663 g/mol. The Hall–Kier alpha value is -5.95. The number of para-hydroxylation sites is 3. The minimum Gasteiger partial charge on any atom is -0.308 e. The molecule has 0 atom stereocenters. The molecule has 0 unspecified atom stereocenters. The quantitative estimate of drug-likeness (QED) is 0.173. The minimum absolute atomic E-state index is 0.123. The van der Waals surface area contributed by atoms with Crippen LogP contribution in [-0.2, 0) is 18.5 Å². The van der Waals surface area contributed by atoms with Crippen molar-refractivity contribution in [3.05, 3.63) is 119 Å². The molecular formula is C35H15F9N4. The Labute approximate surface area is 263 Å². The Morgan fingerprint density at radius 2 is 0.854 bits per heavy atom. The van der Waals surface area contributed by atoms with Gasteiger partial charge in [-0.15, -0.1) is 0 Å². The van der Waals surface area contributed by atoms with Gasteiger partial charge >= 0.3 is 18.5 Å². The monoisotopic (exact) mass is 662 g/mol. The van der Waals surface area contributed by atoms with Crippen LogP contribution >= 0.6 is 0 Å². The molecule has 4 nitrogen and oxygen atoms in total. The van der Waals surface area contributed by atoms with Crippen LogP contribution in [0.2, 0.25) is 0 Å². The smallest absolute Gasteiger partial charge is 0.308 e. The van der Waals surface area contributed by atoms with Gasteiger partial charge in [-0.3, -0.25) is 0 Å². The highest BCUT2D eigenvalue weighted by Gasteiger charge is 2.46. The summed E-state index contributed by atoms with van der Waals surface area (Å²) >= 11 is 0. The Morgan fingerprint density at radius 1 is 0.438 bits per heavy atom. The minimum atomic E-state index is -5.62. The van der Waals surface area contributed by atoms with Crippen molar-refractivity contribution >= 4 is 43.6 Å². The molecule has 0 N–H and O–H groups in total. The molecule has 0 bridgehead atoms. The van der Waals surface area contributed by atoms with E-state index < -0.39 is 40.9 Å². The van der Waals surface area contributed by atoms with Crippen LogP contribution in [0.5, 0.6) is 0 Å². The molecule has 0 fully saturated rings. The lowest BCUT2D eigenvalue weighted by Crippen LogP contribution is -2.20. The number of halogens is 9. The van der Waals surface area contributed by atoms with E-state index in [1.54, 1.807) is 28.8 Å². The number of fused-ring (bicyclic) bond motifs is 6. The van der Waals surface area contributed by atoms with Crippen molar-refractivity contribution in [1.29, 1.82) is 10.5 Å². The van der Waals surface area contributed by atoms with Crippen LogP contribution in [0.1, 0.15) is 27.8 Å². The van der Waals surface area contributed by atoms with Gasteiger partial charge in [0, 0.05) is 21.5 Å². The molecule has 7 rings (SSSR count). The lowest BCUT2D eigenvalue weighted by atomic mass is 10.00. The van der Waals surface area contributed by atoms with Crippen LogP contribution in [0.25, 0.3) is 55.0 Å². The molecule has 0 aliphatic rings. The summed E-state index contributed by atoms with van der Waals surface area (Å²) < 4.78 is 131. The van der Waals surface area contributed by atoms with Crippen LogP contribution in [-0.4, -0.2) is 9.13 Å². The molecule has 0 aliphatic carbocycles. The van der Waals surface area contributed by atoms with Crippen molar-refractivity contribution in [2.75, 3.05) is 0 Å². The van der Waals surface area contributed by atoms with Gasteiger partial charge in [-0.05, 0) is 48.5 Å². The highest BCUT2D eigenvalue weighted by molar-refractivity contribution is 6.19. The van der Waals surface area contributed by atoms with Crippen LogP contribution in [0, 0.1) is 22.7 Å². The summed E-state index contributed by atoms with van der Waals surface area (Å²) in [6.45, 7) is 0. The number of nitriles is 2. The molecule has 0 saturated heterocycles. The normalized spacial score (nSPS) is 12.6. The highest BCUT2D eigenvalue weighted by atomic mass is 19.4. The molecule has 0 amide bonds. The van der Waals surface area contributed by atoms with Crippen LogP contribution in [0.3, 0.4) is 0 Å². The van der Waals surface area contributed by atoms with Gasteiger partial charge < -0.3 is 9.13 Å². The van der Waals surface area contributed by atoms with Gasteiger partial charge in [0.05, 0.1) is 61.3 Å². The average Bonchev–Trinajstić information content (AvgIpc) is 3.53. The summed E-state index contributed by atoms with van der Waals surface area (Å²) in [4.78, 5) is 0. The maximum Gasteiger partial charge on any atom is 0.418 e. The molecule has 7 aromatic rings. The van der Waals surface area contributed by atoms with Gasteiger partial charge in [0.2, 0.25) is 0 Å². The first kappa shape index (κ1) is 30.7. The summed E-state index contributed by atoms with van der Waals surface area (Å²) in [5, 5.41) is 21.1. The second-order valence-electron chi connectivity index (χ2n) is 10.9. The molecule has 0 spiro atoms. The molecule has 5 aromatic carbocycles. The first-order valence-corrected chi connectivity index (χ1v) is 13.9. The Morgan fingerprint density at radius 3 is 1.25 bits per heavy atom. The van der Waals surface area contributed by atoms with Gasteiger partial charge in [0.1, 0.15) is 12.1 Å². The standard InChI is InChI=1S/C35H15F9N4/c36-33(37,38)20-12-25(34(39,40)41)32(26(13-20)35(42,43)44)48-28-11-4-2-9-22(28)24-14-29-23(15-30(24)48)21-8-1-3-10-27(21)47(29)31-18(16-45)6-5-7-19(31)17-46/h1-15H. The third-order valence-electron chi connectivity index (χ3n) is 8.24. The fraction of sp³-hybridized carbons (Fsp3) is 0.0857. The predicted molar refractivity (Wildman–Crippen MR) is 160 cm³/mol. The lowest BCUT2D eigenvalue weighted by Gasteiger charge is -2.23. The molecule has 238 valence electrons. The zero-order valence-electron chi connectivity index (χ0n) is 23.9. The third-order valence-corrected chi connectivity index (χ3v) is 8.24. The van der Waals surface area contributed by atoms with Crippen LogP contribution in [0.4, 0.5) is 39.5 Å². The fourth-order valence-electron chi connectivity index (χ4n) is 6.35. The van der Waals surface area contributed by atoms with Gasteiger partial charge in [-0.1, -0.05) is 42.5 Å². The highest BCUT2D eigenvalue weighted by Crippen LogP contribution is 2.48. The summed E-state index contributed by atoms with van der Waals surface area (Å²) in [6.07, 6.45) is -16.7. The molecule has 13 heteroatoms. The zero-order valence-corrected chi connectivity index (χ0v) is 23.9. The van der Waals surface area contributed by atoms with Crippen molar-refractivity contribution in [2.24, 2.45) is 0 Å². The van der Waals surface area contributed by atoms with Crippen molar-refractivity contribution in [1.82, 2.24) is 9.13 Å². The van der Waals surface area contributed by atoms with E-state index in [0.29, 0.717) is 26.4 Å². The lowest BCUT2D eigenvalue weighted by molar-refractivity contribution is -0.148. The number of benzene rings is 5. The van der Waals surface area contributed by atoms with E-state index in [9.17, 15) is 50.0 Å². The van der Waals surface area contributed by atoms with E-state index >= 15 is 0 Å². The largest absolute Gasteiger partial charge is 0.418 e. The number of rotatable bonds is 2. The molecule has 0 aliphatic heterocycles. The zero-order chi connectivity index (χ0) is 34.3. The Balaban J connectivity index is 1.72. The molecule has 48 heavy (non-hydrogen) atoms. The van der Waals surface area contributed by atoms with E-state index in [4.69, 9.17) is 0 Å². The van der Waals surface area contributed by atoms with Gasteiger partial charge in [-0.2, -0.15) is 50.0 Å². The SMILES string of the molecule is N#Cc1cccc(C#N)c1-n1c2ccccc2c2cc3c(cc21)c1ccccc1n3-c1c(C(F)(F)F)cc(C(F)(F)F)cc1C(F)(F)F. The van der Waals surface area contributed by atoms with Crippen molar-refractivity contribution in [3.63, 3.8) is 0 Å².